The minimum absolute atomic E-state index is 0.0609. The number of nitrogens with one attached hydrogen (secondary N) is 1. The quantitative estimate of drug-likeness (QED) is 0.0407. The van der Waals surface area contributed by atoms with Crippen LogP contribution in [0.4, 0.5) is 18.3 Å². The first kappa shape index (κ1) is 43.0. The molecule has 1 fully saturated rings. The molecule has 3 aromatic rings. The lowest BCUT2D eigenvalue weighted by atomic mass is 9.84. The highest BCUT2D eigenvalue weighted by Gasteiger charge is 2.58. The summed E-state index contributed by atoms with van der Waals surface area (Å²) in [6.45, 7) is 5.59. The summed E-state index contributed by atoms with van der Waals surface area (Å²) < 4.78 is 76.7. The molecule has 0 aliphatic carbocycles. The molecular weight excluding hydrogens is 773 g/mol. The highest BCUT2D eigenvalue weighted by Crippen LogP contribution is 2.33. The van der Waals surface area contributed by atoms with Crippen LogP contribution in [-0.2, 0) is 52.3 Å². The minimum Gasteiger partial charge on any atom is -0.542 e. The third kappa shape index (κ3) is 10.8. The standard InChI is InChI=1S/C27H34N8O10S2.C2HF3O2/c1-15-12-34(11-5-10-28)33(4)21(15)16-6-8-17(9-7-16)43-13-19(25(38)39)44-32-20(18-14-46-26(29)30-18)23(36)31-22-24(37)35(27(22,2)3)45-47(40,41)42;3-2(4,5)1(6)7/h6-9,12,14,19,22H,5,10-11,13,28H2,1-4H3,(H4-,29,30,31,36,38,39,40,41,42);(H,6,7)/b32-20-;/t19?,22-;/m1./s1. The van der Waals surface area contributed by atoms with Gasteiger partial charge in [-0.25, -0.2) is 9.78 Å². The van der Waals surface area contributed by atoms with Crippen LogP contribution in [0.2, 0.25) is 0 Å². The number of nitrogens with two attached hydrogens (primary N) is 2. The van der Waals surface area contributed by atoms with E-state index in [9.17, 15) is 41.1 Å². The number of benzene rings is 1. The first-order valence-corrected chi connectivity index (χ1v) is 17.5. The van der Waals surface area contributed by atoms with Gasteiger partial charge in [0.1, 0.15) is 30.1 Å². The van der Waals surface area contributed by atoms with Crippen LogP contribution in [0.15, 0.2) is 41.0 Å². The van der Waals surface area contributed by atoms with E-state index in [2.05, 4.69) is 24.4 Å². The van der Waals surface area contributed by atoms with Crippen LogP contribution in [0.3, 0.4) is 0 Å². The highest BCUT2D eigenvalue weighted by molar-refractivity contribution is 7.80. The van der Waals surface area contributed by atoms with Crippen molar-refractivity contribution in [3.8, 4) is 17.0 Å². The van der Waals surface area contributed by atoms with E-state index in [1.54, 1.807) is 12.1 Å². The number of rotatable bonds is 15. The lowest BCUT2D eigenvalue weighted by Gasteiger charge is -2.50. The molecule has 2 amide bonds. The summed E-state index contributed by atoms with van der Waals surface area (Å²) in [6, 6.07) is 5.70. The first-order chi connectivity index (χ1) is 25.0. The van der Waals surface area contributed by atoms with Crippen LogP contribution in [-0.4, -0.2) is 99.3 Å². The topological polar surface area (TPSA) is 295 Å². The van der Waals surface area contributed by atoms with E-state index in [0.29, 0.717) is 17.4 Å². The summed E-state index contributed by atoms with van der Waals surface area (Å²) in [5.41, 5.74) is 12.3. The number of carboxylic acid groups (broad SMARTS) is 2. The van der Waals surface area contributed by atoms with Gasteiger partial charge in [-0.05, 0) is 58.0 Å². The number of aliphatic carboxylic acids is 2. The number of amides is 2. The maximum Gasteiger partial charge on any atom is 0.430 e. The Morgan fingerprint density at radius 3 is 2.33 bits per heavy atom. The minimum atomic E-state index is -5.19. The summed E-state index contributed by atoms with van der Waals surface area (Å²) in [4.78, 5) is 55.7. The summed E-state index contributed by atoms with van der Waals surface area (Å²) in [5, 5.41) is 26.4. The van der Waals surface area contributed by atoms with E-state index in [1.807, 2.05) is 37.0 Å². The monoisotopic (exact) mass is 808 g/mol. The van der Waals surface area contributed by atoms with Crippen LogP contribution in [0.25, 0.3) is 11.3 Å². The van der Waals surface area contributed by atoms with Gasteiger partial charge in [-0.1, -0.05) is 5.16 Å². The molecular formula is C29H35F3N8O12S2. The number of alkyl halides is 3. The van der Waals surface area contributed by atoms with Crippen molar-refractivity contribution in [1.29, 1.82) is 0 Å². The molecule has 0 bridgehead atoms. The van der Waals surface area contributed by atoms with Gasteiger partial charge in [-0.15, -0.1) is 20.3 Å². The predicted octanol–water partition coefficient (Wildman–Crippen LogP) is -0.933. The lowest BCUT2D eigenvalue weighted by Crippen LogP contribution is -2.76. The molecule has 20 nitrogen and oxygen atoms in total. The zero-order valence-electron chi connectivity index (χ0n) is 28.8. The largest absolute Gasteiger partial charge is 0.542 e. The molecule has 0 saturated carbocycles. The number of aryl methyl sites for hydroxylation is 2. The third-order valence-electron chi connectivity index (χ3n) is 7.42. The van der Waals surface area contributed by atoms with E-state index >= 15 is 0 Å². The van der Waals surface area contributed by atoms with E-state index in [4.69, 9.17) is 35.5 Å². The number of β-lactam (4-membered cyclic amide) rings is 1. The van der Waals surface area contributed by atoms with Gasteiger partial charge < -0.3 is 41.4 Å². The Bertz CT molecular complexity index is 2000. The van der Waals surface area contributed by atoms with Gasteiger partial charge in [0.25, 0.3) is 17.9 Å². The molecule has 1 saturated heterocycles. The van der Waals surface area contributed by atoms with Gasteiger partial charge in [-0.2, -0.15) is 31.3 Å². The fourth-order valence-corrected chi connectivity index (χ4v) is 5.80. The van der Waals surface area contributed by atoms with E-state index < -0.39 is 70.3 Å². The number of carbonyl (C=O) groups excluding carboxylic acids is 3. The number of anilines is 1. The number of carbonyl (C=O) groups is 4. The van der Waals surface area contributed by atoms with Crippen molar-refractivity contribution in [3.63, 3.8) is 0 Å². The maximum atomic E-state index is 13.2. The van der Waals surface area contributed by atoms with E-state index in [-0.39, 0.29) is 10.8 Å². The number of oxime groups is 1. The van der Waals surface area contributed by atoms with E-state index in [0.717, 1.165) is 41.1 Å². The molecule has 0 radical (unpaired) electrons. The van der Waals surface area contributed by atoms with Crippen molar-refractivity contribution >= 4 is 56.3 Å². The summed E-state index contributed by atoms with van der Waals surface area (Å²) in [7, 11) is -3.07. The zero-order valence-corrected chi connectivity index (χ0v) is 30.4. The molecule has 1 aliphatic heterocycles. The SMILES string of the molecule is Cc1cn(CCCN)[n+](C)c1-c1ccc(OCC(O/N=C(\C(=O)N[C@@H]2C(=O)N(OS(=O)(=O)O)C2(C)C)c2csc(N)n2)C(=O)O)cc1.O=C([O-])C(F)(F)F. The molecule has 3 heterocycles. The first-order valence-electron chi connectivity index (χ1n) is 15.2. The predicted molar refractivity (Wildman–Crippen MR) is 177 cm³/mol. The molecule has 0 spiro atoms. The van der Waals surface area contributed by atoms with Gasteiger partial charge in [-0.3, -0.25) is 14.1 Å². The van der Waals surface area contributed by atoms with Crippen LogP contribution in [0.5, 0.6) is 5.75 Å². The lowest BCUT2D eigenvalue weighted by molar-refractivity contribution is -0.743. The number of halogens is 3. The number of nitrogens with zero attached hydrogens (tertiary/aromatic N) is 5. The Balaban J connectivity index is 0.00000102. The summed E-state index contributed by atoms with van der Waals surface area (Å²) in [6.07, 6.45) is -4.00. The average molecular weight is 809 g/mol. The smallest absolute Gasteiger partial charge is 0.430 e. The van der Waals surface area contributed by atoms with Gasteiger partial charge in [0.2, 0.25) is 5.69 Å². The molecule has 25 heteroatoms. The second-order valence-corrected chi connectivity index (χ2v) is 13.6. The molecule has 1 unspecified atom stereocenters. The highest BCUT2D eigenvalue weighted by atomic mass is 32.3. The number of aromatic nitrogens is 3. The molecule has 2 atom stereocenters. The number of hydrogen-bond acceptors (Lipinski definition) is 15. The summed E-state index contributed by atoms with van der Waals surface area (Å²) >= 11 is 0.961. The normalized spacial score (nSPS) is 16.1. The second kappa shape index (κ2) is 17.2. The molecule has 1 aliphatic rings. The van der Waals surface area contributed by atoms with Crippen molar-refractivity contribution in [2.24, 2.45) is 17.9 Å². The van der Waals surface area contributed by atoms with Gasteiger partial charge >= 0.3 is 22.5 Å². The Morgan fingerprint density at radius 1 is 1.24 bits per heavy atom. The Hall–Kier alpha value is -5.37. The van der Waals surface area contributed by atoms with Crippen molar-refractivity contribution in [3.05, 3.63) is 47.1 Å². The Morgan fingerprint density at radius 2 is 1.85 bits per heavy atom. The molecule has 7 N–H and O–H groups in total. The van der Waals surface area contributed by atoms with Crippen molar-refractivity contribution < 1.29 is 74.1 Å². The average Bonchev–Trinajstić information content (AvgIpc) is 3.63. The Labute approximate surface area is 308 Å². The number of thiazole rings is 1. The molecule has 1 aromatic carbocycles. The number of carboxylic acids is 2. The summed E-state index contributed by atoms with van der Waals surface area (Å²) in [5.74, 6) is -6.11. The number of hydrogen-bond donors (Lipinski definition) is 5. The fraction of sp³-hybridized carbons (Fsp3) is 0.414. The van der Waals surface area contributed by atoms with Gasteiger partial charge in [0.15, 0.2) is 17.9 Å². The molecule has 4 rings (SSSR count). The molecule has 54 heavy (non-hydrogen) atoms. The zero-order chi connectivity index (χ0) is 40.8. The van der Waals surface area contributed by atoms with Crippen LogP contribution in [0, 0.1) is 6.92 Å². The molecule has 2 aromatic heterocycles. The van der Waals surface area contributed by atoms with Crippen LogP contribution < -0.4 is 31.3 Å². The third-order valence-corrected chi connectivity index (χ3v) is 8.44. The number of nitrogen functional groups attached to an aromatic ring is 1. The Kier molecular flexibility index (Phi) is 13.7. The van der Waals surface area contributed by atoms with E-state index in [1.165, 1.54) is 19.2 Å². The number of hydroxylamine groups is 2. The van der Waals surface area contributed by atoms with Crippen LogP contribution >= 0.6 is 11.3 Å². The molecule has 296 valence electrons. The van der Waals surface area contributed by atoms with Crippen molar-refractivity contribution in [2.75, 3.05) is 18.9 Å². The van der Waals surface area contributed by atoms with Gasteiger partial charge in [0, 0.05) is 16.5 Å². The fourth-order valence-electron chi connectivity index (χ4n) is 4.80. The van der Waals surface area contributed by atoms with Gasteiger partial charge in [0.05, 0.1) is 18.3 Å². The van der Waals surface area contributed by atoms with Crippen LogP contribution in [0.1, 0.15) is 31.5 Å². The second-order valence-electron chi connectivity index (χ2n) is 11.7. The maximum absolute atomic E-state index is 13.2. The van der Waals surface area contributed by atoms with Crippen molar-refractivity contribution in [1.82, 2.24) is 20.0 Å². The van der Waals surface area contributed by atoms with Crippen molar-refractivity contribution in [2.45, 2.75) is 57.6 Å². The number of ether oxygens (including phenoxy) is 1.